The maximum atomic E-state index is 10.5. The van der Waals surface area contributed by atoms with E-state index >= 15 is 0 Å². The van der Waals surface area contributed by atoms with Crippen molar-refractivity contribution in [3.63, 3.8) is 0 Å². The SMILES string of the molecule is CC(=O)NCCCCCCN[C-]=O. The van der Waals surface area contributed by atoms with Gasteiger partial charge in [0.05, 0.1) is 0 Å². The first-order valence-corrected chi connectivity index (χ1v) is 4.62. The molecule has 0 fully saturated rings. The topological polar surface area (TPSA) is 58.2 Å². The summed E-state index contributed by atoms with van der Waals surface area (Å²) >= 11 is 0. The number of amides is 2. The Kier molecular flexibility index (Phi) is 8.30. The Bertz CT molecular complexity index is 149. The molecule has 0 unspecified atom stereocenters. The Morgan fingerprint density at radius 1 is 1.15 bits per heavy atom. The zero-order chi connectivity index (χ0) is 9.94. The van der Waals surface area contributed by atoms with E-state index in [9.17, 15) is 9.59 Å². The lowest BCUT2D eigenvalue weighted by Gasteiger charge is -2.05. The van der Waals surface area contributed by atoms with Crippen molar-refractivity contribution in [3.05, 3.63) is 0 Å². The standard InChI is InChI=1S/C9H17N2O2/c1-9(13)11-7-5-3-2-4-6-10-8-12/h2-7H2,1H3,(H,10,12)(H,11,13)/q-1. The molecule has 0 bridgehead atoms. The highest BCUT2D eigenvalue weighted by molar-refractivity contribution is 5.72. The van der Waals surface area contributed by atoms with Crippen LogP contribution in [0.5, 0.6) is 0 Å². The van der Waals surface area contributed by atoms with Gasteiger partial charge in [0.25, 0.3) is 0 Å². The van der Waals surface area contributed by atoms with Gasteiger partial charge in [0.15, 0.2) is 0 Å². The van der Waals surface area contributed by atoms with Gasteiger partial charge in [0.2, 0.25) is 5.91 Å². The molecule has 0 atom stereocenters. The molecule has 0 aromatic carbocycles. The van der Waals surface area contributed by atoms with Crippen molar-refractivity contribution in [1.82, 2.24) is 10.6 Å². The monoisotopic (exact) mass is 185 g/mol. The minimum Gasteiger partial charge on any atom is -0.530 e. The molecule has 0 aromatic rings. The van der Waals surface area contributed by atoms with Crippen LogP contribution in [0.1, 0.15) is 32.6 Å². The third-order valence-corrected chi connectivity index (χ3v) is 1.67. The molecule has 4 nitrogen and oxygen atoms in total. The Morgan fingerprint density at radius 3 is 2.31 bits per heavy atom. The molecule has 13 heavy (non-hydrogen) atoms. The zero-order valence-electron chi connectivity index (χ0n) is 8.06. The van der Waals surface area contributed by atoms with Crippen molar-refractivity contribution in [2.45, 2.75) is 32.6 Å². The third-order valence-electron chi connectivity index (χ3n) is 1.67. The van der Waals surface area contributed by atoms with Gasteiger partial charge in [-0.3, -0.25) is 4.79 Å². The fourth-order valence-electron chi connectivity index (χ4n) is 1.01. The summed E-state index contributed by atoms with van der Waals surface area (Å²) in [6.07, 6.45) is 5.78. The predicted molar refractivity (Wildman–Crippen MR) is 50.8 cm³/mol. The van der Waals surface area contributed by atoms with Crippen LogP contribution in [0.4, 0.5) is 0 Å². The van der Waals surface area contributed by atoms with Gasteiger partial charge in [-0.05, 0) is 19.4 Å². The Balaban J connectivity index is 2.91. The van der Waals surface area contributed by atoms with E-state index in [4.69, 9.17) is 0 Å². The highest BCUT2D eigenvalue weighted by Crippen LogP contribution is 1.97. The molecular formula is C9H17N2O2-. The van der Waals surface area contributed by atoms with Crippen molar-refractivity contribution in [2.75, 3.05) is 13.1 Å². The van der Waals surface area contributed by atoms with Crippen molar-refractivity contribution < 1.29 is 9.59 Å². The van der Waals surface area contributed by atoms with E-state index < -0.39 is 0 Å². The number of unbranched alkanes of at least 4 members (excludes halogenated alkanes) is 3. The highest BCUT2D eigenvalue weighted by Gasteiger charge is 1.90. The molecule has 0 spiro atoms. The van der Waals surface area contributed by atoms with Crippen LogP contribution in [0.25, 0.3) is 0 Å². The van der Waals surface area contributed by atoms with Crippen LogP contribution < -0.4 is 10.6 Å². The molecule has 2 N–H and O–H groups in total. The molecule has 0 radical (unpaired) electrons. The van der Waals surface area contributed by atoms with E-state index in [1.54, 1.807) is 6.41 Å². The van der Waals surface area contributed by atoms with Crippen molar-refractivity contribution in [1.29, 1.82) is 0 Å². The molecule has 0 aromatic heterocycles. The average Bonchev–Trinajstić information content (AvgIpc) is 2.09. The molecule has 4 heteroatoms. The van der Waals surface area contributed by atoms with Gasteiger partial charge in [-0.1, -0.05) is 12.8 Å². The molecule has 76 valence electrons. The van der Waals surface area contributed by atoms with Crippen molar-refractivity contribution >= 4 is 12.3 Å². The average molecular weight is 185 g/mol. The summed E-state index contributed by atoms with van der Waals surface area (Å²) in [6.45, 7) is 2.97. The Morgan fingerprint density at radius 2 is 1.77 bits per heavy atom. The molecule has 0 aliphatic carbocycles. The molecule has 0 rings (SSSR count). The first-order valence-electron chi connectivity index (χ1n) is 4.62. The number of nitrogens with one attached hydrogen (secondary N) is 2. The minimum atomic E-state index is 0.0252. The summed E-state index contributed by atoms with van der Waals surface area (Å²) < 4.78 is 0. The summed E-state index contributed by atoms with van der Waals surface area (Å²) in [5.74, 6) is 0.0252. The predicted octanol–water partition coefficient (Wildman–Crippen LogP) is 0.340. The van der Waals surface area contributed by atoms with Gasteiger partial charge in [0.1, 0.15) is 0 Å². The third kappa shape index (κ3) is 10.9. The minimum absolute atomic E-state index is 0.0252. The normalized spacial score (nSPS) is 9.31. The maximum Gasteiger partial charge on any atom is 0.216 e. The van der Waals surface area contributed by atoms with Gasteiger partial charge >= 0.3 is 0 Å². The van der Waals surface area contributed by atoms with Gasteiger partial charge < -0.3 is 15.4 Å². The fraction of sp³-hybridized carbons (Fsp3) is 0.778. The Labute approximate surface area is 79.1 Å². The van der Waals surface area contributed by atoms with Gasteiger partial charge in [-0.25, -0.2) is 0 Å². The molecule has 0 heterocycles. The zero-order valence-corrected chi connectivity index (χ0v) is 8.06. The lowest BCUT2D eigenvalue weighted by Crippen LogP contribution is -2.20. The van der Waals surface area contributed by atoms with Crippen LogP contribution in [-0.4, -0.2) is 25.4 Å². The lowest BCUT2D eigenvalue weighted by atomic mass is 10.2. The maximum absolute atomic E-state index is 10.5. The first-order chi connectivity index (χ1) is 6.27. The number of carbonyl (C=O) groups is 1. The van der Waals surface area contributed by atoms with Crippen LogP contribution in [0.3, 0.4) is 0 Å². The summed E-state index contributed by atoms with van der Waals surface area (Å²) in [4.78, 5) is 20.2. The summed E-state index contributed by atoms with van der Waals surface area (Å²) in [7, 11) is 0. The fourth-order valence-corrected chi connectivity index (χ4v) is 1.01. The lowest BCUT2D eigenvalue weighted by molar-refractivity contribution is -0.118. The molecular weight excluding hydrogens is 168 g/mol. The highest BCUT2D eigenvalue weighted by atomic mass is 16.1. The quantitative estimate of drug-likeness (QED) is 0.325. The number of hydrogen-bond donors (Lipinski definition) is 2. The molecule has 2 amide bonds. The second-order valence-electron chi connectivity index (χ2n) is 2.93. The van der Waals surface area contributed by atoms with E-state index in [0.717, 1.165) is 32.2 Å². The largest absolute Gasteiger partial charge is 0.530 e. The van der Waals surface area contributed by atoms with Crippen LogP contribution >= 0.6 is 0 Å². The number of rotatable bonds is 8. The molecule has 0 aliphatic heterocycles. The second kappa shape index (κ2) is 9.03. The number of carbonyl (C=O) groups excluding carboxylic acids is 2. The van der Waals surface area contributed by atoms with Gasteiger partial charge in [-0.2, -0.15) is 6.41 Å². The van der Waals surface area contributed by atoms with Crippen LogP contribution in [0.2, 0.25) is 0 Å². The van der Waals surface area contributed by atoms with Crippen molar-refractivity contribution in [2.24, 2.45) is 0 Å². The van der Waals surface area contributed by atoms with E-state index in [1.807, 2.05) is 0 Å². The summed E-state index contributed by atoms with van der Waals surface area (Å²) in [6, 6.07) is 0. The summed E-state index contributed by atoms with van der Waals surface area (Å²) in [5, 5.41) is 5.21. The molecule has 0 saturated heterocycles. The number of hydrogen-bond acceptors (Lipinski definition) is 2. The van der Waals surface area contributed by atoms with E-state index in [1.165, 1.54) is 6.92 Å². The van der Waals surface area contributed by atoms with Crippen LogP contribution in [0.15, 0.2) is 0 Å². The first kappa shape index (κ1) is 11.9. The smallest absolute Gasteiger partial charge is 0.216 e. The molecule has 0 saturated carbocycles. The van der Waals surface area contributed by atoms with E-state index in [0.29, 0.717) is 6.54 Å². The van der Waals surface area contributed by atoms with Gasteiger partial charge in [-0.15, -0.1) is 0 Å². The van der Waals surface area contributed by atoms with E-state index in [-0.39, 0.29) is 5.91 Å². The Hall–Kier alpha value is -1.06. The van der Waals surface area contributed by atoms with Gasteiger partial charge in [0, 0.05) is 13.5 Å². The van der Waals surface area contributed by atoms with Crippen LogP contribution in [-0.2, 0) is 9.59 Å². The molecule has 0 aliphatic rings. The van der Waals surface area contributed by atoms with E-state index in [2.05, 4.69) is 10.6 Å². The second-order valence-corrected chi connectivity index (χ2v) is 2.93. The summed E-state index contributed by atoms with van der Waals surface area (Å²) in [5.41, 5.74) is 0. The van der Waals surface area contributed by atoms with Crippen LogP contribution in [0, 0.1) is 0 Å². The van der Waals surface area contributed by atoms with Crippen molar-refractivity contribution in [3.8, 4) is 0 Å².